The van der Waals surface area contributed by atoms with Crippen LogP contribution in [0.1, 0.15) is 41.8 Å². The zero-order chi connectivity index (χ0) is 17.2. The first-order valence-corrected chi connectivity index (χ1v) is 10.1. The largest absolute Gasteiger partial charge is 0.342 e. The maximum Gasteiger partial charge on any atom is 0.263 e. The Morgan fingerprint density at radius 2 is 1.92 bits per heavy atom. The van der Waals surface area contributed by atoms with Gasteiger partial charge in [0.05, 0.1) is 4.88 Å². The molecule has 0 atom stereocenters. The number of rotatable bonds is 3. The van der Waals surface area contributed by atoms with Crippen molar-refractivity contribution in [2.75, 3.05) is 26.2 Å². The molecule has 0 N–H and O–H groups in total. The van der Waals surface area contributed by atoms with E-state index < -0.39 is 0 Å². The number of carbonyl (C=O) groups excluding carboxylic acids is 2. The lowest BCUT2D eigenvalue weighted by Gasteiger charge is -2.36. The van der Waals surface area contributed by atoms with Crippen LogP contribution in [0.25, 0.3) is 10.1 Å². The predicted molar refractivity (Wildman–Crippen MR) is 101 cm³/mol. The molecule has 2 aliphatic heterocycles. The number of fused-ring (bicyclic) bond motifs is 1. The molecule has 4 rings (SSSR count). The SMILES string of the molecule is O=C1CCCCN1CC1CCN(C(=O)c2cc3ccccc3s2)CC1. The number of piperidine rings is 2. The minimum atomic E-state index is 0.161. The van der Waals surface area contributed by atoms with Gasteiger partial charge >= 0.3 is 0 Å². The number of thiophene rings is 1. The Morgan fingerprint density at radius 3 is 2.68 bits per heavy atom. The van der Waals surface area contributed by atoms with Crippen molar-refractivity contribution in [3.8, 4) is 0 Å². The number of hydrogen-bond acceptors (Lipinski definition) is 3. The quantitative estimate of drug-likeness (QED) is 0.840. The Morgan fingerprint density at radius 1 is 1.12 bits per heavy atom. The van der Waals surface area contributed by atoms with Crippen LogP contribution in [0.15, 0.2) is 30.3 Å². The van der Waals surface area contributed by atoms with Gasteiger partial charge in [-0.25, -0.2) is 0 Å². The number of benzene rings is 1. The second-order valence-electron chi connectivity index (χ2n) is 7.18. The van der Waals surface area contributed by atoms with Gasteiger partial charge in [0, 0.05) is 37.3 Å². The maximum absolute atomic E-state index is 12.8. The van der Waals surface area contributed by atoms with E-state index in [1.807, 2.05) is 28.0 Å². The molecule has 5 heteroatoms. The Balaban J connectivity index is 1.34. The molecule has 2 saturated heterocycles. The third-order valence-corrected chi connectivity index (χ3v) is 6.54. The van der Waals surface area contributed by atoms with Gasteiger partial charge in [-0.15, -0.1) is 11.3 Å². The number of amides is 2. The van der Waals surface area contributed by atoms with Crippen LogP contribution in [0.3, 0.4) is 0 Å². The standard InChI is InChI=1S/C20H24N2O2S/c23-19-7-3-4-10-22(19)14-15-8-11-21(12-9-15)20(24)18-13-16-5-1-2-6-17(16)25-18/h1-2,5-6,13,15H,3-4,7-12,14H2. The lowest BCUT2D eigenvalue weighted by atomic mass is 9.95. The average molecular weight is 356 g/mol. The smallest absolute Gasteiger partial charge is 0.263 e. The number of nitrogens with zero attached hydrogens (tertiary/aromatic N) is 2. The molecule has 1 aromatic carbocycles. The molecule has 1 aromatic heterocycles. The van der Waals surface area contributed by atoms with Crippen molar-refractivity contribution in [2.24, 2.45) is 5.92 Å². The summed E-state index contributed by atoms with van der Waals surface area (Å²) in [4.78, 5) is 29.6. The van der Waals surface area contributed by atoms with Gasteiger partial charge in [-0.2, -0.15) is 0 Å². The van der Waals surface area contributed by atoms with Gasteiger partial charge in [0.15, 0.2) is 0 Å². The van der Waals surface area contributed by atoms with Crippen molar-refractivity contribution >= 4 is 33.2 Å². The highest BCUT2D eigenvalue weighted by molar-refractivity contribution is 7.20. The lowest BCUT2D eigenvalue weighted by Crippen LogP contribution is -2.44. The molecule has 0 aliphatic carbocycles. The number of hydrogen-bond donors (Lipinski definition) is 0. The van der Waals surface area contributed by atoms with Crippen LogP contribution in [0.2, 0.25) is 0 Å². The van der Waals surface area contributed by atoms with Gasteiger partial charge in [-0.3, -0.25) is 9.59 Å². The highest BCUT2D eigenvalue weighted by Crippen LogP contribution is 2.28. The second-order valence-corrected chi connectivity index (χ2v) is 8.26. The molecule has 2 aliphatic rings. The number of carbonyl (C=O) groups is 2. The minimum Gasteiger partial charge on any atom is -0.342 e. The van der Waals surface area contributed by atoms with E-state index in [4.69, 9.17) is 0 Å². The summed E-state index contributed by atoms with van der Waals surface area (Å²) in [5.74, 6) is 1.01. The summed E-state index contributed by atoms with van der Waals surface area (Å²) in [5.41, 5.74) is 0. The van der Waals surface area contributed by atoms with E-state index in [0.29, 0.717) is 18.2 Å². The lowest BCUT2D eigenvalue weighted by molar-refractivity contribution is -0.134. The molecule has 0 bridgehead atoms. The van der Waals surface area contributed by atoms with E-state index in [9.17, 15) is 9.59 Å². The van der Waals surface area contributed by atoms with Crippen molar-refractivity contribution in [1.82, 2.24) is 9.80 Å². The van der Waals surface area contributed by atoms with E-state index >= 15 is 0 Å². The highest BCUT2D eigenvalue weighted by Gasteiger charge is 2.27. The summed E-state index contributed by atoms with van der Waals surface area (Å²) in [6.45, 7) is 3.41. The Hall–Kier alpha value is -1.88. The van der Waals surface area contributed by atoms with E-state index in [0.717, 1.165) is 62.1 Å². The van der Waals surface area contributed by atoms with E-state index in [1.165, 1.54) is 4.70 Å². The molecule has 0 saturated carbocycles. The Kier molecular flexibility index (Phi) is 4.75. The van der Waals surface area contributed by atoms with Crippen LogP contribution in [-0.2, 0) is 4.79 Å². The topological polar surface area (TPSA) is 40.6 Å². The van der Waals surface area contributed by atoms with Crippen molar-refractivity contribution in [2.45, 2.75) is 32.1 Å². The van der Waals surface area contributed by atoms with Gasteiger partial charge in [0.1, 0.15) is 0 Å². The molecule has 0 spiro atoms. The molecular formula is C20H24N2O2S. The fourth-order valence-corrected chi connectivity index (χ4v) is 4.96. The molecule has 132 valence electrons. The third kappa shape index (κ3) is 3.56. The van der Waals surface area contributed by atoms with Crippen LogP contribution in [0.4, 0.5) is 0 Å². The maximum atomic E-state index is 12.8. The molecule has 2 amide bonds. The first-order valence-electron chi connectivity index (χ1n) is 9.26. The molecule has 3 heterocycles. The summed E-state index contributed by atoms with van der Waals surface area (Å²) in [6.07, 6.45) is 4.89. The van der Waals surface area contributed by atoms with Crippen molar-refractivity contribution in [3.63, 3.8) is 0 Å². The summed E-state index contributed by atoms with van der Waals surface area (Å²) in [5, 5.41) is 1.15. The normalized spacial score (nSPS) is 19.6. The third-order valence-electron chi connectivity index (χ3n) is 5.44. The first-order chi connectivity index (χ1) is 12.2. The molecule has 0 unspecified atom stereocenters. The van der Waals surface area contributed by atoms with Crippen LogP contribution >= 0.6 is 11.3 Å². The van der Waals surface area contributed by atoms with Gasteiger partial charge in [-0.1, -0.05) is 18.2 Å². The van der Waals surface area contributed by atoms with Gasteiger partial charge < -0.3 is 9.80 Å². The average Bonchev–Trinajstić information content (AvgIpc) is 3.08. The summed E-state index contributed by atoms with van der Waals surface area (Å²) in [7, 11) is 0. The summed E-state index contributed by atoms with van der Waals surface area (Å²) >= 11 is 1.58. The monoisotopic (exact) mass is 356 g/mol. The molecule has 2 aromatic rings. The predicted octanol–water partition coefficient (Wildman–Crippen LogP) is 3.77. The van der Waals surface area contributed by atoms with Crippen molar-refractivity contribution < 1.29 is 9.59 Å². The Labute approximate surface area is 152 Å². The molecule has 4 nitrogen and oxygen atoms in total. The zero-order valence-electron chi connectivity index (χ0n) is 14.4. The summed E-state index contributed by atoms with van der Waals surface area (Å²) < 4.78 is 1.17. The fraction of sp³-hybridized carbons (Fsp3) is 0.500. The first kappa shape index (κ1) is 16.6. The van der Waals surface area contributed by atoms with Gasteiger partial charge in [-0.05, 0) is 49.1 Å². The van der Waals surface area contributed by atoms with E-state index in [1.54, 1.807) is 11.3 Å². The van der Waals surface area contributed by atoms with Gasteiger partial charge in [0.2, 0.25) is 5.91 Å². The van der Waals surface area contributed by atoms with Crippen LogP contribution in [0.5, 0.6) is 0 Å². The van der Waals surface area contributed by atoms with Crippen LogP contribution in [0, 0.1) is 5.92 Å². The highest BCUT2D eigenvalue weighted by atomic mass is 32.1. The minimum absolute atomic E-state index is 0.161. The van der Waals surface area contributed by atoms with Crippen molar-refractivity contribution in [1.29, 1.82) is 0 Å². The van der Waals surface area contributed by atoms with E-state index in [-0.39, 0.29) is 5.91 Å². The molecule has 0 radical (unpaired) electrons. The zero-order valence-corrected chi connectivity index (χ0v) is 15.3. The van der Waals surface area contributed by atoms with Crippen molar-refractivity contribution in [3.05, 3.63) is 35.2 Å². The second kappa shape index (κ2) is 7.16. The molecule has 2 fully saturated rings. The van der Waals surface area contributed by atoms with Crippen LogP contribution < -0.4 is 0 Å². The number of likely N-dealkylation sites (tertiary alicyclic amines) is 2. The Bertz CT molecular complexity index is 744. The van der Waals surface area contributed by atoms with Crippen LogP contribution in [-0.4, -0.2) is 47.8 Å². The fourth-order valence-electron chi connectivity index (χ4n) is 3.93. The summed E-state index contributed by atoms with van der Waals surface area (Å²) in [6, 6.07) is 10.2. The molecular weight excluding hydrogens is 332 g/mol. The molecule has 25 heavy (non-hydrogen) atoms. The van der Waals surface area contributed by atoms with Gasteiger partial charge in [0.25, 0.3) is 5.91 Å². The van der Waals surface area contributed by atoms with E-state index in [2.05, 4.69) is 12.1 Å².